The molecule has 0 bridgehead atoms. The second kappa shape index (κ2) is 11.9. The maximum absolute atomic E-state index is 13.9. The molecule has 44 heavy (non-hydrogen) atoms. The van der Waals surface area contributed by atoms with E-state index in [0.29, 0.717) is 35.4 Å². The number of alkyl halides is 12. The summed E-state index contributed by atoms with van der Waals surface area (Å²) >= 11 is 0. The predicted molar refractivity (Wildman–Crippen MR) is 143 cm³/mol. The molecule has 0 fully saturated rings. The van der Waals surface area contributed by atoms with Crippen molar-refractivity contribution in [1.82, 2.24) is 4.90 Å². The van der Waals surface area contributed by atoms with E-state index in [-0.39, 0.29) is 23.9 Å². The lowest BCUT2D eigenvalue weighted by molar-refractivity contribution is -0.144. The average Bonchev–Trinajstić information content (AvgIpc) is 3.35. The summed E-state index contributed by atoms with van der Waals surface area (Å²) in [7, 11) is 0.466. The van der Waals surface area contributed by atoms with Crippen molar-refractivity contribution in [3.05, 3.63) is 118 Å². The third-order valence-electron chi connectivity index (χ3n) is 6.80. The van der Waals surface area contributed by atoms with Gasteiger partial charge in [-0.1, -0.05) is 42.5 Å². The van der Waals surface area contributed by atoms with Gasteiger partial charge in [0.05, 0.1) is 28.3 Å². The Balaban J connectivity index is 2.13. The normalized spacial score (nSPS) is 15.5. The number of rotatable bonds is 6. The van der Waals surface area contributed by atoms with Gasteiger partial charge in [0.15, 0.2) is 0 Å². The molecule has 0 saturated heterocycles. The van der Waals surface area contributed by atoms with Crippen molar-refractivity contribution >= 4 is 18.5 Å². The Hall–Kier alpha value is -3.31. The van der Waals surface area contributed by atoms with E-state index in [1.54, 1.807) is 55.4 Å². The van der Waals surface area contributed by atoms with E-state index >= 15 is 0 Å². The van der Waals surface area contributed by atoms with Gasteiger partial charge in [-0.25, -0.2) is 0 Å². The molecule has 3 aromatic rings. The Morgan fingerprint density at radius 2 is 0.977 bits per heavy atom. The Bertz CT molecular complexity index is 1420. The summed E-state index contributed by atoms with van der Waals surface area (Å²) in [4.78, 5) is 1.68. The maximum Gasteiger partial charge on any atom is 0.416 e. The molecule has 236 valence electrons. The van der Waals surface area contributed by atoms with E-state index < -0.39 is 71.5 Å². The van der Waals surface area contributed by atoms with Crippen molar-refractivity contribution in [1.29, 1.82) is 0 Å². The van der Waals surface area contributed by atoms with Crippen LogP contribution >= 0.6 is 7.92 Å². The first-order chi connectivity index (χ1) is 20.2. The molecule has 3 aromatic carbocycles. The fourth-order valence-corrected chi connectivity index (χ4v) is 7.71. The molecular weight excluding hydrogens is 633 g/mol. The van der Waals surface area contributed by atoms with Crippen molar-refractivity contribution in [3.63, 3.8) is 0 Å². The molecule has 1 atom stereocenters. The zero-order chi connectivity index (χ0) is 32.8. The average molecular weight is 655 g/mol. The Morgan fingerprint density at radius 3 is 1.32 bits per heavy atom. The van der Waals surface area contributed by atoms with Gasteiger partial charge in [-0.3, -0.25) is 4.90 Å². The Kier molecular flexibility index (Phi) is 9.07. The third kappa shape index (κ3) is 7.31. The van der Waals surface area contributed by atoms with Crippen molar-refractivity contribution in [3.8, 4) is 0 Å². The molecular formula is C30H22F12NP. The number of allylic oxidation sites excluding steroid dienone is 2. The minimum Gasteiger partial charge on any atom is -0.299 e. The van der Waals surface area contributed by atoms with Gasteiger partial charge in [-0.05, 0) is 91.9 Å². The van der Waals surface area contributed by atoms with Crippen molar-refractivity contribution in [2.75, 3.05) is 14.1 Å². The molecule has 0 aromatic heterocycles. The number of benzene rings is 3. The van der Waals surface area contributed by atoms with E-state index in [1.807, 2.05) is 0 Å². The highest BCUT2D eigenvalue weighted by Gasteiger charge is 2.41. The van der Waals surface area contributed by atoms with Gasteiger partial charge in [0.25, 0.3) is 0 Å². The second-order valence-corrected chi connectivity index (χ2v) is 12.4. The zero-order valence-electron chi connectivity index (χ0n) is 22.7. The lowest BCUT2D eigenvalue weighted by Gasteiger charge is -2.31. The maximum atomic E-state index is 13.9. The topological polar surface area (TPSA) is 3.24 Å². The number of likely N-dealkylation sites (N-methyl/N-ethyl adjacent to an activating group) is 1. The molecule has 14 heteroatoms. The summed E-state index contributed by atoms with van der Waals surface area (Å²) in [5.41, 5.74) is -5.98. The Morgan fingerprint density at radius 1 is 0.591 bits per heavy atom. The van der Waals surface area contributed by atoms with Crippen LogP contribution in [0.3, 0.4) is 0 Å². The molecule has 1 aliphatic rings. The molecule has 0 N–H and O–H groups in total. The van der Waals surface area contributed by atoms with Gasteiger partial charge in [0.2, 0.25) is 0 Å². The highest BCUT2D eigenvalue weighted by molar-refractivity contribution is 7.76. The summed E-state index contributed by atoms with van der Waals surface area (Å²) in [6, 6.07) is 8.95. The third-order valence-corrected chi connectivity index (χ3v) is 9.33. The van der Waals surface area contributed by atoms with Crippen LogP contribution in [0.25, 0.3) is 0 Å². The summed E-state index contributed by atoms with van der Waals surface area (Å²) < 4.78 is 166. The van der Waals surface area contributed by atoms with Gasteiger partial charge in [0, 0.05) is 0 Å². The van der Waals surface area contributed by atoms with Crippen LogP contribution < -0.4 is 10.6 Å². The highest BCUT2D eigenvalue weighted by Crippen LogP contribution is 2.54. The second-order valence-electron chi connectivity index (χ2n) is 10.1. The minimum atomic E-state index is -5.30. The molecule has 0 spiro atoms. The van der Waals surface area contributed by atoms with Crippen LogP contribution in [-0.4, -0.2) is 19.0 Å². The lowest BCUT2D eigenvalue weighted by Crippen LogP contribution is -2.25. The SMILES string of the molecule is CN(C)[C@H](C1=C(P(c2cc(C(F)(F)F)cc(C(F)(F)F)c2)c2cc(C(F)(F)F)cc(C(F)(F)F)c2)CC=C1)c1ccccc1. The van der Waals surface area contributed by atoms with Crippen molar-refractivity contribution in [2.24, 2.45) is 0 Å². The smallest absolute Gasteiger partial charge is 0.299 e. The fraction of sp³-hybridized carbons (Fsp3) is 0.267. The number of halogens is 12. The molecule has 0 amide bonds. The number of hydrogen-bond donors (Lipinski definition) is 0. The quantitative estimate of drug-likeness (QED) is 0.189. The molecule has 1 aliphatic carbocycles. The minimum absolute atomic E-state index is 0.113. The first-order valence-electron chi connectivity index (χ1n) is 12.7. The first-order valence-corrected chi connectivity index (χ1v) is 14.0. The van der Waals surface area contributed by atoms with Gasteiger partial charge in [0.1, 0.15) is 0 Å². The summed E-state index contributed by atoms with van der Waals surface area (Å²) in [6.45, 7) is 0. The zero-order valence-corrected chi connectivity index (χ0v) is 23.6. The molecule has 4 rings (SSSR count). The van der Waals surface area contributed by atoms with Gasteiger partial charge < -0.3 is 0 Å². The highest BCUT2D eigenvalue weighted by atomic mass is 31.1. The largest absolute Gasteiger partial charge is 0.416 e. The fourth-order valence-electron chi connectivity index (χ4n) is 4.97. The molecule has 0 aliphatic heterocycles. The van der Waals surface area contributed by atoms with Crippen LogP contribution in [-0.2, 0) is 24.7 Å². The molecule has 0 radical (unpaired) electrons. The van der Waals surface area contributed by atoms with E-state index in [2.05, 4.69) is 0 Å². The van der Waals surface area contributed by atoms with Crippen LogP contribution in [0.1, 0.15) is 40.3 Å². The standard InChI is InChI=1S/C30H22F12NP/c1-43(2)26(17-7-4-3-5-8-17)24-9-6-10-25(24)44(22-13-18(27(31,32)33)11-19(14-22)28(34,35)36)23-15-20(29(37,38)39)12-21(16-23)30(40,41)42/h3-9,11-16,26H,10H2,1-2H3/t26-/m0/s1. The van der Waals surface area contributed by atoms with Crippen LogP contribution in [0, 0.1) is 0 Å². The van der Waals surface area contributed by atoms with E-state index in [0.717, 1.165) is 0 Å². The van der Waals surface area contributed by atoms with Gasteiger partial charge >= 0.3 is 24.7 Å². The lowest BCUT2D eigenvalue weighted by atomic mass is 9.98. The molecule has 0 heterocycles. The van der Waals surface area contributed by atoms with Crippen LogP contribution in [0.4, 0.5) is 52.7 Å². The van der Waals surface area contributed by atoms with Crippen LogP contribution in [0.2, 0.25) is 0 Å². The monoisotopic (exact) mass is 655 g/mol. The summed E-state index contributed by atoms with van der Waals surface area (Å²) in [5, 5.41) is -1.28. The summed E-state index contributed by atoms with van der Waals surface area (Å²) in [6.07, 6.45) is -18.3. The van der Waals surface area contributed by atoms with E-state index in [9.17, 15) is 52.7 Å². The van der Waals surface area contributed by atoms with Gasteiger partial charge in [-0.2, -0.15) is 52.7 Å². The molecule has 1 nitrogen and oxygen atoms in total. The summed E-state index contributed by atoms with van der Waals surface area (Å²) in [5.74, 6) is 0. The molecule has 0 saturated carbocycles. The number of hydrogen-bond acceptors (Lipinski definition) is 1. The molecule has 0 unspecified atom stereocenters. The first kappa shape index (κ1) is 33.6. The van der Waals surface area contributed by atoms with Crippen molar-refractivity contribution in [2.45, 2.75) is 37.2 Å². The Labute approximate surface area is 245 Å². The van der Waals surface area contributed by atoms with E-state index in [1.165, 1.54) is 6.08 Å². The van der Waals surface area contributed by atoms with Gasteiger partial charge in [-0.15, -0.1) is 0 Å². The van der Waals surface area contributed by atoms with Crippen LogP contribution in [0.5, 0.6) is 0 Å². The van der Waals surface area contributed by atoms with Crippen LogP contribution in [0.15, 0.2) is 89.8 Å². The number of nitrogens with zero attached hydrogens (tertiary/aromatic N) is 1. The van der Waals surface area contributed by atoms with E-state index in [4.69, 9.17) is 0 Å². The predicted octanol–water partition coefficient (Wildman–Crippen LogP) is 9.71. The van der Waals surface area contributed by atoms with Crippen molar-refractivity contribution < 1.29 is 52.7 Å².